The molecule has 0 bridgehead atoms. The zero-order valence-electron chi connectivity index (χ0n) is 18.5. The van der Waals surface area contributed by atoms with Gasteiger partial charge in [0.05, 0.1) is 19.1 Å². The second-order valence-corrected chi connectivity index (χ2v) is 8.63. The van der Waals surface area contributed by atoms with E-state index in [1.165, 1.54) is 26.4 Å². The van der Waals surface area contributed by atoms with Gasteiger partial charge in [0.2, 0.25) is 11.9 Å². The number of aryl methyl sites for hydroxylation is 3. The number of nitrogens with one attached hydrogen (secondary N) is 2. The average Bonchev–Trinajstić information content (AvgIpc) is 2.72. The van der Waals surface area contributed by atoms with Gasteiger partial charge in [-0.2, -0.15) is 8.42 Å². The predicted octanol–water partition coefficient (Wildman–Crippen LogP) is 3.69. The maximum Gasteiger partial charge on any atom is 0.285 e. The molecule has 168 valence electrons. The molecule has 0 aliphatic rings. The molecule has 10 heteroatoms. The van der Waals surface area contributed by atoms with Crippen LogP contribution in [-0.4, -0.2) is 38.6 Å². The molecule has 3 rings (SSSR count). The standard InChI is InChI=1S/C22H25N5O4S/c1-14-6-9-18(10-7-14)32(28,29)27-22(26-21-23-15(2)12-16(3)24-21)25-17-8-11-19(30-4)20(13-17)31-5/h6-13H,1-5H3,(H2,23,24,25,26,27). The van der Waals surface area contributed by atoms with E-state index in [0.717, 1.165) is 17.0 Å². The molecule has 0 atom stereocenters. The van der Waals surface area contributed by atoms with Gasteiger partial charge in [-0.15, -0.1) is 4.40 Å². The fourth-order valence-electron chi connectivity index (χ4n) is 2.90. The Balaban J connectivity index is 2.02. The Morgan fingerprint density at radius 2 is 1.47 bits per heavy atom. The maximum atomic E-state index is 12.9. The first-order valence-corrected chi connectivity index (χ1v) is 11.1. The van der Waals surface area contributed by atoms with Crippen molar-refractivity contribution >= 4 is 27.6 Å². The molecular weight excluding hydrogens is 430 g/mol. The largest absolute Gasteiger partial charge is 0.493 e. The fourth-order valence-corrected chi connectivity index (χ4v) is 3.82. The highest BCUT2D eigenvalue weighted by Crippen LogP contribution is 2.30. The summed E-state index contributed by atoms with van der Waals surface area (Å²) in [6, 6.07) is 13.3. The number of ether oxygens (including phenoxy) is 2. The number of hydrogen-bond donors (Lipinski definition) is 2. The number of anilines is 2. The number of benzene rings is 2. The number of aromatic nitrogens is 2. The molecule has 2 N–H and O–H groups in total. The molecule has 0 fully saturated rings. The van der Waals surface area contributed by atoms with Gasteiger partial charge >= 0.3 is 0 Å². The minimum absolute atomic E-state index is 0.0669. The highest BCUT2D eigenvalue weighted by molar-refractivity contribution is 7.90. The first-order chi connectivity index (χ1) is 15.2. The topological polar surface area (TPSA) is 115 Å². The number of sulfonamides is 1. The van der Waals surface area contributed by atoms with Gasteiger partial charge in [-0.1, -0.05) is 17.7 Å². The van der Waals surface area contributed by atoms with E-state index in [-0.39, 0.29) is 16.8 Å². The molecular formula is C22H25N5O4S. The van der Waals surface area contributed by atoms with Crippen LogP contribution < -0.4 is 20.1 Å². The summed E-state index contributed by atoms with van der Waals surface area (Å²) in [5.74, 6) is 1.16. The summed E-state index contributed by atoms with van der Waals surface area (Å²) >= 11 is 0. The third-order valence-corrected chi connectivity index (χ3v) is 5.68. The average molecular weight is 456 g/mol. The summed E-state index contributed by atoms with van der Waals surface area (Å²) < 4.78 is 40.4. The van der Waals surface area contributed by atoms with Crippen LogP contribution >= 0.6 is 0 Å². The van der Waals surface area contributed by atoms with E-state index in [1.54, 1.807) is 30.3 Å². The lowest BCUT2D eigenvalue weighted by atomic mass is 10.2. The molecule has 0 aliphatic heterocycles. The van der Waals surface area contributed by atoms with Crippen molar-refractivity contribution in [1.29, 1.82) is 0 Å². The summed E-state index contributed by atoms with van der Waals surface area (Å²) in [5.41, 5.74) is 2.93. The van der Waals surface area contributed by atoms with E-state index in [9.17, 15) is 8.42 Å². The first kappa shape index (κ1) is 23.0. The fraction of sp³-hybridized carbons (Fsp3) is 0.227. The number of rotatable bonds is 6. The maximum absolute atomic E-state index is 12.9. The minimum atomic E-state index is -4.01. The van der Waals surface area contributed by atoms with Crippen molar-refractivity contribution in [3.8, 4) is 11.5 Å². The zero-order valence-corrected chi connectivity index (χ0v) is 19.3. The molecule has 9 nitrogen and oxygen atoms in total. The highest BCUT2D eigenvalue weighted by Gasteiger charge is 2.16. The lowest BCUT2D eigenvalue weighted by molar-refractivity contribution is 0.355. The molecule has 2 aromatic carbocycles. The Hall–Kier alpha value is -3.66. The minimum Gasteiger partial charge on any atom is -0.493 e. The van der Waals surface area contributed by atoms with Crippen LogP contribution in [-0.2, 0) is 10.0 Å². The van der Waals surface area contributed by atoms with E-state index < -0.39 is 10.0 Å². The predicted molar refractivity (Wildman–Crippen MR) is 124 cm³/mol. The van der Waals surface area contributed by atoms with Crippen LogP contribution in [0.4, 0.5) is 11.6 Å². The van der Waals surface area contributed by atoms with Gasteiger partial charge in [-0.25, -0.2) is 9.97 Å². The Labute approximate surface area is 187 Å². The van der Waals surface area contributed by atoms with Crippen molar-refractivity contribution in [1.82, 2.24) is 9.97 Å². The summed E-state index contributed by atoms with van der Waals surface area (Å²) in [5, 5.41) is 5.85. The molecule has 0 unspecified atom stereocenters. The summed E-state index contributed by atoms with van der Waals surface area (Å²) in [6.45, 7) is 5.52. The van der Waals surface area contributed by atoms with E-state index in [0.29, 0.717) is 17.2 Å². The molecule has 0 amide bonds. The van der Waals surface area contributed by atoms with Gasteiger partial charge in [-0.3, -0.25) is 5.32 Å². The molecule has 0 radical (unpaired) electrons. The normalized spacial score (nSPS) is 11.7. The monoisotopic (exact) mass is 455 g/mol. The van der Waals surface area contributed by atoms with Crippen molar-refractivity contribution in [2.75, 3.05) is 24.9 Å². The van der Waals surface area contributed by atoms with Crippen LogP contribution in [0.25, 0.3) is 0 Å². The highest BCUT2D eigenvalue weighted by atomic mass is 32.2. The molecule has 1 heterocycles. The smallest absolute Gasteiger partial charge is 0.285 e. The van der Waals surface area contributed by atoms with E-state index in [1.807, 2.05) is 26.8 Å². The number of hydrogen-bond acceptors (Lipinski definition) is 6. The molecule has 3 aromatic rings. The van der Waals surface area contributed by atoms with E-state index >= 15 is 0 Å². The van der Waals surface area contributed by atoms with E-state index in [2.05, 4.69) is 25.0 Å². The summed E-state index contributed by atoms with van der Waals surface area (Å²) in [4.78, 5) is 8.68. The second kappa shape index (κ2) is 9.65. The quantitative estimate of drug-likeness (QED) is 0.427. The zero-order chi connectivity index (χ0) is 23.3. The van der Waals surface area contributed by atoms with Gasteiger partial charge < -0.3 is 14.8 Å². The molecule has 0 saturated carbocycles. The first-order valence-electron chi connectivity index (χ1n) is 9.70. The lowest BCUT2D eigenvalue weighted by Gasteiger charge is -2.14. The van der Waals surface area contributed by atoms with Crippen molar-refractivity contribution in [3.63, 3.8) is 0 Å². The molecule has 32 heavy (non-hydrogen) atoms. The van der Waals surface area contributed by atoms with Crippen LogP contribution in [0.5, 0.6) is 11.5 Å². The van der Waals surface area contributed by atoms with Crippen LogP contribution in [0.15, 0.2) is 57.8 Å². The SMILES string of the molecule is COc1ccc(N/C(=N/S(=O)(=O)c2ccc(C)cc2)Nc2nc(C)cc(C)n2)cc1OC. The Morgan fingerprint density at radius 3 is 2.06 bits per heavy atom. The molecule has 1 aromatic heterocycles. The van der Waals surface area contributed by atoms with Crippen molar-refractivity contribution in [2.24, 2.45) is 4.40 Å². The van der Waals surface area contributed by atoms with Gasteiger partial charge in [0.15, 0.2) is 11.5 Å². The van der Waals surface area contributed by atoms with Crippen LogP contribution in [0.1, 0.15) is 17.0 Å². The van der Waals surface area contributed by atoms with E-state index in [4.69, 9.17) is 9.47 Å². The second-order valence-electron chi connectivity index (χ2n) is 7.02. The van der Waals surface area contributed by atoms with Crippen LogP contribution in [0, 0.1) is 20.8 Å². The van der Waals surface area contributed by atoms with Crippen LogP contribution in [0.3, 0.4) is 0 Å². The molecule has 0 aliphatic carbocycles. The van der Waals surface area contributed by atoms with Crippen molar-refractivity contribution in [2.45, 2.75) is 25.7 Å². The Kier molecular flexibility index (Phi) is 6.94. The van der Waals surface area contributed by atoms with Crippen molar-refractivity contribution in [3.05, 3.63) is 65.5 Å². The lowest BCUT2D eigenvalue weighted by Crippen LogP contribution is -2.25. The van der Waals surface area contributed by atoms with Crippen LogP contribution in [0.2, 0.25) is 0 Å². The Bertz CT molecular complexity index is 1220. The van der Waals surface area contributed by atoms with Gasteiger partial charge in [0.1, 0.15) is 0 Å². The number of guanidine groups is 1. The molecule has 0 saturated heterocycles. The van der Waals surface area contributed by atoms with Crippen molar-refractivity contribution < 1.29 is 17.9 Å². The van der Waals surface area contributed by atoms with Gasteiger partial charge in [0.25, 0.3) is 10.0 Å². The van der Waals surface area contributed by atoms with Gasteiger partial charge in [-0.05, 0) is 51.1 Å². The number of nitrogens with zero attached hydrogens (tertiary/aromatic N) is 3. The third-order valence-electron chi connectivity index (χ3n) is 4.39. The Morgan fingerprint density at radius 1 is 0.844 bits per heavy atom. The summed E-state index contributed by atoms with van der Waals surface area (Å²) in [7, 11) is -0.967. The number of methoxy groups -OCH3 is 2. The molecule has 0 spiro atoms. The summed E-state index contributed by atoms with van der Waals surface area (Å²) in [6.07, 6.45) is 0. The van der Waals surface area contributed by atoms with Gasteiger partial charge in [0, 0.05) is 23.1 Å². The third kappa shape index (κ3) is 5.73.